The van der Waals surface area contributed by atoms with Crippen LogP contribution in [0, 0.1) is 0 Å². The van der Waals surface area contributed by atoms with Gasteiger partial charge in [-0.05, 0) is 12.1 Å². The topological polar surface area (TPSA) is 46.5 Å². The Kier molecular flexibility index (Phi) is 4.47. The molecule has 0 radical (unpaired) electrons. The molecular weight excluding hydrogens is 275 g/mol. The lowest BCUT2D eigenvalue weighted by atomic mass is 10.1. The summed E-state index contributed by atoms with van der Waals surface area (Å²) in [6, 6.07) is 2.32. The van der Waals surface area contributed by atoms with Gasteiger partial charge in [-0.3, -0.25) is 0 Å². The zero-order chi connectivity index (χ0) is 14.6. The molecule has 104 valence electrons. The lowest BCUT2D eigenvalue weighted by Crippen LogP contribution is -2.18. The molecule has 0 atom stereocenters. The molecule has 0 aliphatic carbocycles. The molecule has 1 aromatic rings. The number of carbonyl (C=O) groups is 1. The molecule has 0 bridgehead atoms. The molecule has 8 heteroatoms. The molecule has 0 aromatic heterocycles. The van der Waals surface area contributed by atoms with Gasteiger partial charge in [-0.2, -0.15) is 0 Å². The van der Waals surface area contributed by atoms with E-state index in [1.807, 2.05) is 0 Å². The van der Waals surface area contributed by atoms with Gasteiger partial charge in [-0.25, -0.2) is 13.6 Å². The van der Waals surface area contributed by atoms with E-state index < -0.39 is 30.1 Å². The van der Waals surface area contributed by atoms with Gasteiger partial charge < -0.3 is 9.84 Å². The molecule has 1 N–H and O–H groups in total. The van der Waals surface area contributed by atoms with Gasteiger partial charge >= 0.3 is 12.3 Å². The predicted molar refractivity (Wildman–Crippen MR) is 54.8 cm³/mol. The Balaban J connectivity index is 3.18. The van der Waals surface area contributed by atoms with Crippen molar-refractivity contribution >= 4 is 12.0 Å². The fourth-order valence-corrected chi connectivity index (χ4v) is 1.20. The average molecular weight is 282 g/mol. The third kappa shape index (κ3) is 4.94. The highest BCUT2D eigenvalue weighted by atomic mass is 19.4. The van der Waals surface area contributed by atoms with Crippen molar-refractivity contribution in [1.29, 1.82) is 0 Å². The number of carboxylic acid groups (broad SMARTS) is 1. The van der Waals surface area contributed by atoms with Crippen LogP contribution in [-0.2, 0) is 4.79 Å². The van der Waals surface area contributed by atoms with E-state index in [-0.39, 0.29) is 5.56 Å². The van der Waals surface area contributed by atoms with Gasteiger partial charge in [0.15, 0.2) is 0 Å². The van der Waals surface area contributed by atoms with Gasteiger partial charge in [0.1, 0.15) is 5.75 Å². The molecule has 0 unspecified atom stereocenters. The molecule has 1 aromatic carbocycles. The monoisotopic (exact) mass is 282 g/mol. The van der Waals surface area contributed by atoms with Crippen molar-refractivity contribution in [3.8, 4) is 5.75 Å². The number of hydrogen-bond acceptors (Lipinski definition) is 2. The zero-order valence-corrected chi connectivity index (χ0v) is 9.12. The summed E-state index contributed by atoms with van der Waals surface area (Å²) in [5.74, 6) is -2.28. The fourth-order valence-electron chi connectivity index (χ4n) is 1.20. The number of alkyl halides is 5. The van der Waals surface area contributed by atoms with E-state index in [9.17, 15) is 26.7 Å². The Morgan fingerprint density at radius 1 is 1.32 bits per heavy atom. The maximum absolute atomic E-state index is 12.4. The first kappa shape index (κ1) is 14.9. The van der Waals surface area contributed by atoms with E-state index in [0.717, 1.165) is 18.2 Å². The van der Waals surface area contributed by atoms with Crippen LogP contribution < -0.4 is 4.74 Å². The van der Waals surface area contributed by atoms with Crippen LogP contribution in [0.2, 0.25) is 0 Å². The minimum Gasteiger partial charge on any atom is -0.478 e. The number of hydrogen-bond donors (Lipinski definition) is 1. The van der Waals surface area contributed by atoms with Crippen molar-refractivity contribution in [3.63, 3.8) is 0 Å². The number of halogens is 5. The molecule has 0 aliphatic heterocycles. The third-order valence-electron chi connectivity index (χ3n) is 1.92. The molecule has 0 amide bonds. The van der Waals surface area contributed by atoms with E-state index in [4.69, 9.17) is 5.11 Å². The van der Waals surface area contributed by atoms with E-state index in [2.05, 4.69) is 4.74 Å². The summed E-state index contributed by atoms with van der Waals surface area (Å²) >= 11 is 0. The number of rotatable bonds is 4. The molecule has 0 fully saturated rings. The fraction of sp³-hybridized carbons (Fsp3) is 0.182. The van der Waals surface area contributed by atoms with Crippen LogP contribution in [0.15, 0.2) is 24.3 Å². The second-order valence-electron chi connectivity index (χ2n) is 3.32. The number of aliphatic carboxylic acids is 1. The Morgan fingerprint density at radius 3 is 2.42 bits per heavy atom. The van der Waals surface area contributed by atoms with Crippen LogP contribution in [0.25, 0.3) is 6.08 Å². The standard InChI is InChI=1S/C11H7F5O3/c12-10(13)7-2-1-6(3-4-9(17)18)8(5-7)19-11(14,15)16/h1-5,10H,(H,17,18)/b4-3+. The van der Waals surface area contributed by atoms with Crippen LogP contribution in [0.3, 0.4) is 0 Å². The summed E-state index contributed by atoms with van der Waals surface area (Å²) in [5.41, 5.74) is -0.934. The highest BCUT2D eigenvalue weighted by Gasteiger charge is 2.32. The molecule has 1 rings (SSSR count). The summed E-state index contributed by atoms with van der Waals surface area (Å²) in [7, 11) is 0. The molecule has 0 heterocycles. The Morgan fingerprint density at radius 2 is 1.95 bits per heavy atom. The van der Waals surface area contributed by atoms with Gasteiger partial charge in [0.25, 0.3) is 6.43 Å². The summed E-state index contributed by atoms with van der Waals surface area (Å²) in [6.45, 7) is 0. The lowest BCUT2D eigenvalue weighted by molar-refractivity contribution is -0.274. The molecule has 0 spiro atoms. The average Bonchev–Trinajstić information content (AvgIpc) is 2.24. The second-order valence-corrected chi connectivity index (χ2v) is 3.32. The molecule has 3 nitrogen and oxygen atoms in total. The maximum Gasteiger partial charge on any atom is 0.573 e. The predicted octanol–water partition coefficient (Wildman–Crippen LogP) is 3.62. The molecule has 0 saturated carbocycles. The van der Waals surface area contributed by atoms with Crippen LogP contribution >= 0.6 is 0 Å². The molecule has 0 saturated heterocycles. The first-order valence-electron chi connectivity index (χ1n) is 4.78. The van der Waals surface area contributed by atoms with Gasteiger partial charge in [-0.1, -0.05) is 12.1 Å². The van der Waals surface area contributed by atoms with E-state index in [1.165, 1.54) is 0 Å². The normalized spacial score (nSPS) is 12.1. The molecular formula is C11H7F5O3. The second kappa shape index (κ2) is 5.68. The Hall–Kier alpha value is -2.12. The smallest absolute Gasteiger partial charge is 0.478 e. The first-order chi connectivity index (χ1) is 8.69. The van der Waals surface area contributed by atoms with Crippen molar-refractivity contribution < 1.29 is 36.6 Å². The lowest BCUT2D eigenvalue weighted by Gasteiger charge is -2.12. The van der Waals surface area contributed by atoms with Crippen LogP contribution in [0.5, 0.6) is 5.75 Å². The molecule has 0 aliphatic rings. The van der Waals surface area contributed by atoms with Crippen molar-refractivity contribution in [2.75, 3.05) is 0 Å². The van der Waals surface area contributed by atoms with Gasteiger partial charge in [-0.15, -0.1) is 13.2 Å². The zero-order valence-electron chi connectivity index (χ0n) is 9.12. The van der Waals surface area contributed by atoms with Gasteiger partial charge in [0, 0.05) is 17.2 Å². The highest BCUT2D eigenvalue weighted by molar-refractivity contribution is 5.85. The minimum atomic E-state index is -5.06. The summed E-state index contributed by atoms with van der Waals surface area (Å²) in [4.78, 5) is 10.3. The van der Waals surface area contributed by atoms with E-state index in [1.54, 1.807) is 0 Å². The quantitative estimate of drug-likeness (QED) is 0.677. The van der Waals surface area contributed by atoms with Gasteiger partial charge in [0.05, 0.1) is 0 Å². The Labute approximate surface area is 103 Å². The largest absolute Gasteiger partial charge is 0.573 e. The summed E-state index contributed by atoms with van der Waals surface area (Å²) in [5, 5.41) is 8.37. The number of carboxylic acids is 1. The van der Waals surface area contributed by atoms with Crippen molar-refractivity contribution in [3.05, 3.63) is 35.4 Å². The highest BCUT2D eigenvalue weighted by Crippen LogP contribution is 2.31. The van der Waals surface area contributed by atoms with Gasteiger partial charge in [0.2, 0.25) is 0 Å². The summed E-state index contributed by atoms with van der Waals surface area (Å²) < 4.78 is 64.6. The molecule has 19 heavy (non-hydrogen) atoms. The Bertz CT molecular complexity index is 494. The summed E-state index contributed by atoms with van der Waals surface area (Å²) in [6.07, 6.45) is -6.64. The number of ether oxygens (including phenoxy) is 1. The van der Waals surface area contributed by atoms with E-state index >= 15 is 0 Å². The van der Waals surface area contributed by atoms with Crippen molar-refractivity contribution in [2.24, 2.45) is 0 Å². The van der Waals surface area contributed by atoms with Crippen LogP contribution in [0.4, 0.5) is 22.0 Å². The maximum atomic E-state index is 12.4. The van der Waals surface area contributed by atoms with Crippen molar-refractivity contribution in [2.45, 2.75) is 12.8 Å². The number of benzene rings is 1. The van der Waals surface area contributed by atoms with E-state index in [0.29, 0.717) is 12.1 Å². The SMILES string of the molecule is O=C(O)/C=C/c1ccc(C(F)F)cc1OC(F)(F)F. The van der Waals surface area contributed by atoms with Crippen LogP contribution in [0.1, 0.15) is 17.6 Å². The first-order valence-corrected chi connectivity index (χ1v) is 4.78. The third-order valence-corrected chi connectivity index (χ3v) is 1.92. The minimum absolute atomic E-state index is 0.274. The van der Waals surface area contributed by atoms with Crippen LogP contribution in [-0.4, -0.2) is 17.4 Å². The van der Waals surface area contributed by atoms with Crippen molar-refractivity contribution in [1.82, 2.24) is 0 Å².